The molecule has 0 bridgehead atoms. The topological polar surface area (TPSA) is 62.7 Å². The molecular weight excluding hydrogens is 134 g/mol. The summed E-state index contributed by atoms with van der Waals surface area (Å²) in [6, 6.07) is 1.87. The highest BCUT2D eigenvalue weighted by Gasteiger charge is 1.92. The van der Waals surface area contributed by atoms with Crippen molar-refractivity contribution in [1.82, 2.24) is 4.98 Å². The van der Waals surface area contributed by atoms with Gasteiger partial charge >= 0.3 is 0 Å². The van der Waals surface area contributed by atoms with Gasteiger partial charge in [-0.05, 0) is 0 Å². The van der Waals surface area contributed by atoms with Crippen LogP contribution in [0, 0.1) is 11.3 Å². The predicted molar refractivity (Wildman–Crippen MR) is 38.0 cm³/mol. The molecule has 0 aromatic carbocycles. The fraction of sp³-hybridized carbons (Fsp3) is 0.200. The lowest BCUT2D eigenvalue weighted by Gasteiger charge is -1.70. The van der Waals surface area contributed by atoms with Crippen LogP contribution in [0.25, 0.3) is 0 Å². The van der Waals surface area contributed by atoms with E-state index in [0.717, 1.165) is 0 Å². The second kappa shape index (κ2) is 3.05. The van der Waals surface area contributed by atoms with Gasteiger partial charge in [-0.15, -0.1) is 11.3 Å². The SMILES string of the molecule is C.N#Cc1csc(N)n1. The molecule has 9 heavy (non-hydrogen) atoms. The van der Waals surface area contributed by atoms with E-state index in [-0.39, 0.29) is 7.43 Å². The molecule has 48 valence electrons. The summed E-state index contributed by atoms with van der Waals surface area (Å²) in [6.45, 7) is 0. The lowest BCUT2D eigenvalue weighted by molar-refractivity contribution is 1.34. The van der Waals surface area contributed by atoms with E-state index in [1.807, 2.05) is 6.07 Å². The summed E-state index contributed by atoms with van der Waals surface area (Å²) in [6.07, 6.45) is 0. The van der Waals surface area contributed by atoms with Gasteiger partial charge in [0.05, 0.1) is 0 Å². The number of nitrogens with zero attached hydrogens (tertiary/aromatic N) is 2. The summed E-state index contributed by atoms with van der Waals surface area (Å²) in [4.78, 5) is 3.66. The van der Waals surface area contributed by atoms with Crippen molar-refractivity contribution >= 4 is 16.5 Å². The zero-order chi connectivity index (χ0) is 5.98. The Morgan fingerprint density at radius 2 is 2.44 bits per heavy atom. The molecule has 0 atom stereocenters. The molecule has 1 aromatic rings. The largest absolute Gasteiger partial charge is 0.375 e. The third-order valence-electron chi connectivity index (χ3n) is 0.636. The standard InChI is InChI=1S/C4H3N3S.CH4/c5-1-3-2-8-4(6)7-3;/h2H,(H2,6,7);1H4. The van der Waals surface area contributed by atoms with E-state index < -0.39 is 0 Å². The van der Waals surface area contributed by atoms with Gasteiger partial charge < -0.3 is 5.73 Å². The molecule has 0 amide bonds. The molecule has 0 aliphatic heterocycles. The first kappa shape index (κ1) is 7.92. The first-order valence-corrected chi connectivity index (χ1v) is 2.82. The summed E-state index contributed by atoms with van der Waals surface area (Å²) in [5, 5.41) is 10.3. The van der Waals surface area contributed by atoms with Crippen LogP contribution in [0.4, 0.5) is 5.13 Å². The Kier molecular flexibility index (Phi) is 2.68. The molecule has 0 fully saturated rings. The predicted octanol–water partition coefficient (Wildman–Crippen LogP) is 1.23. The number of hydrogen-bond acceptors (Lipinski definition) is 4. The van der Waals surface area contributed by atoms with E-state index in [1.165, 1.54) is 11.3 Å². The van der Waals surface area contributed by atoms with Gasteiger partial charge in [0.1, 0.15) is 6.07 Å². The Balaban J connectivity index is 0.000000640. The van der Waals surface area contributed by atoms with Crippen LogP contribution in [-0.2, 0) is 0 Å². The van der Waals surface area contributed by atoms with Crippen LogP contribution in [0.5, 0.6) is 0 Å². The maximum atomic E-state index is 8.19. The van der Waals surface area contributed by atoms with E-state index >= 15 is 0 Å². The molecular formula is C5H7N3S. The molecule has 4 heteroatoms. The van der Waals surface area contributed by atoms with Crippen molar-refractivity contribution in [2.75, 3.05) is 5.73 Å². The fourth-order valence-corrected chi connectivity index (χ4v) is 0.828. The lowest BCUT2D eigenvalue weighted by atomic mass is 10.6. The Morgan fingerprint density at radius 3 is 2.67 bits per heavy atom. The van der Waals surface area contributed by atoms with E-state index in [2.05, 4.69) is 4.98 Å². The van der Waals surface area contributed by atoms with E-state index in [9.17, 15) is 0 Å². The molecule has 2 N–H and O–H groups in total. The number of nitriles is 1. The number of aromatic nitrogens is 1. The number of thiazole rings is 1. The molecule has 0 unspecified atom stereocenters. The second-order valence-electron chi connectivity index (χ2n) is 1.18. The summed E-state index contributed by atoms with van der Waals surface area (Å²) in [7, 11) is 0. The van der Waals surface area contributed by atoms with Crippen molar-refractivity contribution in [3.05, 3.63) is 11.1 Å². The average molecular weight is 141 g/mol. The van der Waals surface area contributed by atoms with Crippen LogP contribution in [0.15, 0.2) is 5.38 Å². The molecule has 0 spiro atoms. The highest BCUT2D eigenvalue weighted by Crippen LogP contribution is 2.08. The van der Waals surface area contributed by atoms with Gasteiger partial charge in [0, 0.05) is 5.38 Å². The minimum atomic E-state index is 0. The maximum absolute atomic E-state index is 8.19. The summed E-state index contributed by atoms with van der Waals surface area (Å²) in [5.41, 5.74) is 5.61. The minimum Gasteiger partial charge on any atom is -0.375 e. The number of nitrogen functional groups attached to an aromatic ring is 1. The number of nitrogens with two attached hydrogens (primary N) is 1. The Hall–Kier alpha value is -1.08. The second-order valence-corrected chi connectivity index (χ2v) is 2.07. The molecule has 3 nitrogen and oxygen atoms in total. The van der Waals surface area contributed by atoms with E-state index in [0.29, 0.717) is 10.8 Å². The quantitative estimate of drug-likeness (QED) is 0.591. The van der Waals surface area contributed by atoms with Gasteiger partial charge in [-0.1, -0.05) is 7.43 Å². The maximum Gasteiger partial charge on any atom is 0.181 e. The van der Waals surface area contributed by atoms with E-state index in [4.69, 9.17) is 11.0 Å². The Labute approximate surface area is 57.8 Å². The van der Waals surface area contributed by atoms with Crippen molar-refractivity contribution < 1.29 is 0 Å². The third-order valence-corrected chi connectivity index (χ3v) is 1.31. The van der Waals surface area contributed by atoms with Crippen LogP contribution in [0.1, 0.15) is 13.1 Å². The summed E-state index contributed by atoms with van der Waals surface area (Å²) in [5.74, 6) is 0. The zero-order valence-corrected chi connectivity index (χ0v) is 4.77. The van der Waals surface area contributed by atoms with Gasteiger partial charge in [0.2, 0.25) is 0 Å². The van der Waals surface area contributed by atoms with Gasteiger partial charge in [-0.2, -0.15) is 5.26 Å². The minimum absolute atomic E-state index is 0. The van der Waals surface area contributed by atoms with Crippen LogP contribution < -0.4 is 5.73 Å². The molecule has 1 rings (SSSR count). The van der Waals surface area contributed by atoms with Gasteiger partial charge in [-0.25, -0.2) is 4.98 Å². The molecule has 1 heterocycles. The fourth-order valence-electron chi connectivity index (χ4n) is 0.339. The van der Waals surface area contributed by atoms with Crippen LogP contribution in [0.3, 0.4) is 0 Å². The van der Waals surface area contributed by atoms with Crippen molar-refractivity contribution in [1.29, 1.82) is 5.26 Å². The molecule has 0 saturated carbocycles. The highest BCUT2D eigenvalue weighted by atomic mass is 32.1. The number of anilines is 1. The van der Waals surface area contributed by atoms with E-state index in [1.54, 1.807) is 5.38 Å². The lowest BCUT2D eigenvalue weighted by Crippen LogP contribution is -1.80. The van der Waals surface area contributed by atoms with Crippen molar-refractivity contribution in [3.63, 3.8) is 0 Å². The van der Waals surface area contributed by atoms with Crippen molar-refractivity contribution in [2.45, 2.75) is 7.43 Å². The number of rotatable bonds is 0. The molecule has 0 radical (unpaired) electrons. The Morgan fingerprint density at radius 1 is 1.78 bits per heavy atom. The normalized spacial score (nSPS) is 7.44. The zero-order valence-electron chi connectivity index (χ0n) is 3.96. The van der Waals surface area contributed by atoms with Crippen LogP contribution >= 0.6 is 11.3 Å². The first-order chi connectivity index (χ1) is 3.83. The summed E-state index contributed by atoms with van der Waals surface area (Å²) < 4.78 is 0. The van der Waals surface area contributed by atoms with Crippen molar-refractivity contribution in [3.8, 4) is 6.07 Å². The molecule has 0 aliphatic carbocycles. The third kappa shape index (κ3) is 1.70. The van der Waals surface area contributed by atoms with Crippen LogP contribution in [0.2, 0.25) is 0 Å². The Bertz CT molecular complexity index is 222. The van der Waals surface area contributed by atoms with Crippen LogP contribution in [-0.4, -0.2) is 4.98 Å². The molecule has 0 aliphatic rings. The smallest absolute Gasteiger partial charge is 0.181 e. The average Bonchev–Trinajstić information content (AvgIpc) is 2.14. The van der Waals surface area contributed by atoms with Gasteiger partial charge in [-0.3, -0.25) is 0 Å². The van der Waals surface area contributed by atoms with Gasteiger partial charge in [0.25, 0.3) is 0 Å². The monoisotopic (exact) mass is 141 g/mol. The molecule has 0 saturated heterocycles. The number of hydrogen-bond donors (Lipinski definition) is 1. The van der Waals surface area contributed by atoms with Crippen molar-refractivity contribution in [2.24, 2.45) is 0 Å². The first-order valence-electron chi connectivity index (χ1n) is 1.94. The molecule has 1 aromatic heterocycles. The summed E-state index contributed by atoms with van der Waals surface area (Å²) >= 11 is 1.27. The highest BCUT2D eigenvalue weighted by molar-refractivity contribution is 7.13. The van der Waals surface area contributed by atoms with Gasteiger partial charge in [0.15, 0.2) is 10.8 Å².